The van der Waals surface area contributed by atoms with Crippen molar-refractivity contribution >= 4 is 46.1 Å². The van der Waals surface area contributed by atoms with Gasteiger partial charge in [0.2, 0.25) is 0 Å². The molecule has 0 aliphatic carbocycles. The highest BCUT2D eigenvalue weighted by molar-refractivity contribution is 6.32. The van der Waals surface area contributed by atoms with Crippen LogP contribution >= 0.6 is 23.2 Å². The molecule has 0 spiro atoms. The molecular weight excluding hydrogens is 593 g/mol. The molecule has 0 amide bonds. The van der Waals surface area contributed by atoms with E-state index in [1.165, 1.54) is 12.1 Å². The average Bonchev–Trinajstić information content (AvgIpc) is 3.52. The molecule has 0 radical (unpaired) electrons. The van der Waals surface area contributed by atoms with Gasteiger partial charge in [0.15, 0.2) is 0 Å². The number of nitro benzene ring substituents is 2. The summed E-state index contributed by atoms with van der Waals surface area (Å²) in [6.45, 7) is 4.14. The molecule has 1 unspecified atom stereocenters. The summed E-state index contributed by atoms with van der Waals surface area (Å²) in [6.07, 6.45) is 3.91. The molecule has 0 bridgehead atoms. The number of anilines is 2. The van der Waals surface area contributed by atoms with E-state index in [4.69, 9.17) is 27.9 Å². The first-order valence-electron chi connectivity index (χ1n) is 13.8. The minimum absolute atomic E-state index is 0.0376. The molecule has 0 saturated carbocycles. The van der Waals surface area contributed by atoms with E-state index in [0.29, 0.717) is 0 Å². The van der Waals surface area contributed by atoms with Crippen LogP contribution in [-0.4, -0.2) is 47.7 Å². The lowest BCUT2D eigenvalue weighted by atomic mass is 10.0. The molecule has 2 saturated heterocycles. The van der Waals surface area contributed by atoms with Gasteiger partial charge < -0.3 is 14.5 Å². The zero-order valence-electron chi connectivity index (χ0n) is 23.1. The van der Waals surface area contributed by atoms with Crippen molar-refractivity contribution in [2.45, 2.75) is 18.9 Å². The van der Waals surface area contributed by atoms with Gasteiger partial charge in [-0.15, -0.1) is 0 Å². The number of nitrogens with zero attached hydrogens (tertiary/aromatic N) is 5. The number of hydrogen-bond donors (Lipinski definition) is 0. The molecule has 1 aromatic heterocycles. The molecule has 12 heteroatoms. The Morgan fingerprint density at radius 3 is 2.09 bits per heavy atom. The van der Waals surface area contributed by atoms with Crippen LogP contribution < -0.4 is 9.80 Å². The minimum Gasteiger partial charge on any atom is -0.378 e. The van der Waals surface area contributed by atoms with Crippen molar-refractivity contribution in [3.05, 3.63) is 121 Å². The maximum Gasteiger partial charge on any atom is 0.288 e. The Morgan fingerprint density at radius 2 is 1.47 bits per heavy atom. The molecule has 2 aliphatic rings. The van der Waals surface area contributed by atoms with Crippen molar-refractivity contribution < 1.29 is 14.6 Å². The molecular formula is C31H29Cl2N5O5. The van der Waals surface area contributed by atoms with E-state index < -0.39 is 9.85 Å². The standard InChI is InChI=1S/C25H25ClN4O3.C6H4ClNO2/c26-22-9-5-19(16-24(22)30(31)32)23-2-1-11-29(23)21-7-3-18(4-8-21)20-6-10-25(27-17-20)28-12-14-33-15-13-28;7-5-3-1-2-4-6(5)8(9)10/h3-10,16-17,23H,1-2,11-15H2;1-4H. The third kappa shape index (κ3) is 7.22. The van der Waals surface area contributed by atoms with Gasteiger partial charge >= 0.3 is 0 Å². The second kappa shape index (κ2) is 13.8. The highest BCUT2D eigenvalue weighted by Crippen LogP contribution is 2.39. The molecule has 3 heterocycles. The van der Waals surface area contributed by atoms with Crippen LogP contribution in [0.3, 0.4) is 0 Å². The Hall–Kier alpha value is -4.25. The third-order valence-corrected chi connectivity index (χ3v) is 8.11. The lowest BCUT2D eigenvalue weighted by Crippen LogP contribution is -2.36. The number of hydrogen-bond acceptors (Lipinski definition) is 8. The van der Waals surface area contributed by atoms with E-state index in [0.717, 1.165) is 73.9 Å². The second-order valence-corrected chi connectivity index (χ2v) is 10.9. The molecule has 3 aromatic carbocycles. The molecule has 2 aliphatic heterocycles. The molecule has 6 rings (SSSR count). The number of rotatable bonds is 6. The zero-order valence-corrected chi connectivity index (χ0v) is 24.7. The first-order valence-corrected chi connectivity index (χ1v) is 14.6. The monoisotopic (exact) mass is 621 g/mol. The largest absolute Gasteiger partial charge is 0.378 e. The van der Waals surface area contributed by atoms with Crippen molar-refractivity contribution in [3.8, 4) is 11.1 Å². The lowest BCUT2D eigenvalue weighted by molar-refractivity contribution is -0.384. The van der Waals surface area contributed by atoms with Crippen LogP contribution in [0.25, 0.3) is 11.1 Å². The Balaban J connectivity index is 0.000000314. The predicted octanol–water partition coefficient (Wildman–Crippen LogP) is 7.74. The van der Waals surface area contributed by atoms with Crippen molar-refractivity contribution in [2.75, 3.05) is 42.6 Å². The topological polar surface area (TPSA) is 115 Å². The van der Waals surface area contributed by atoms with Crippen molar-refractivity contribution in [1.29, 1.82) is 0 Å². The number of morpholine rings is 1. The SMILES string of the molecule is O=[N+]([O-])c1cc(C2CCCN2c2ccc(-c3ccc(N4CCOCC4)nc3)cc2)ccc1Cl.O=[N+]([O-])c1ccccc1Cl. The molecule has 43 heavy (non-hydrogen) atoms. The Kier molecular flexibility index (Phi) is 9.71. The molecule has 4 aromatic rings. The summed E-state index contributed by atoms with van der Waals surface area (Å²) in [4.78, 5) is 29.7. The van der Waals surface area contributed by atoms with Crippen molar-refractivity contribution in [2.24, 2.45) is 0 Å². The molecule has 10 nitrogen and oxygen atoms in total. The first kappa shape index (κ1) is 30.2. The number of ether oxygens (including phenoxy) is 1. The van der Waals surface area contributed by atoms with Gasteiger partial charge in [0.1, 0.15) is 15.9 Å². The van der Waals surface area contributed by atoms with Crippen molar-refractivity contribution in [3.63, 3.8) is 0 Å². The van der Waals surface area contributed by atoms with Gasteiger partial charge in [-0.05, 0) is 60.4 Å². The van der Waals surface area contributed by atoms with Gasteiger partial charge in [-0.1, -0.05) is 53.5 Å². The van der Waals surface area contributed by atoms with E-state index in [1.54, 1.807) is 24.3 Å². The highest BCUT2D eigenvalue weighted by Gasteiger charge is 2.28. The van der Waals surface area contributed by atoms with E-state index in [2.05, 4.69) is 51.2 Å². The summed E-state index contributed by atoms with van der Waals surface area (Å²) < 4.78 is 5.42. The van der Waals surface area contributed by atoms with Crippen LogP contribution in [0.5, 0.6) is 0 Å². The fraction of sp³-hybridized carbons (Fsp3) is 0.258. The number of nitro groups is 2. The van der Waals surface area contributed by atoms with Gasteiger partial charge in [-0.2, -0.15) is 0 Å². The fourth-order valence-corrected chi connectivity index (χ4v) is 5.67. The number of pyridine rings is 1. The highest BCUT2D eigenvalue weighted by atomic mass is 35.5. The van der Waals surface area contributed by atoms with Crippen LogP contribution in [0.1, 0.15) is 24.4 Å². The molecule has 2 fully saturated rings. The maximum absolute atomic E-state index is 11.3. The summed E-state index contributed by atoms with van der Waals surface area (Å²) in [5, 5.41) is 21.8. The summed E-state index contributed by atoms with van der Waals surface area (Å²) in [5.74, 6) is 0.982. The molecule has 0 N–H and O–H groups in total. The Morgan fingerprint density at radius 1 is 0.791 bits per heavy atom. The predicted molar refractivity (Wildman–Crippen MR) is 168 cm³/mol. The summed E-state index contributed by atoms with van der Waals surface area (Å²) in [6, 6.07) is 23.9. The molecule has 222 valence electrons. The van der Waals surface area contributed by atoms with Gasteiger partial charge in [-0.25, -0.2) is 4.98 Å². The molecule has 1 atom stereocenters. The van der Waals surface area contributed by atoms with E-state index >= 15 is 0 Å². The average molecular weight is 623 g/mol. The van der Waals surface area contributed by atoms with Crippen LogP contribution in [0.2, 0.25) is 10.0 Å². The number of benzene rings is 3. The fourth-order valence-electron chi connectivity index (χ4n) is 5.28. The van der Waals surface area contributed by atoms with Gasteiger partial charge in [0.25, 0.3) is 11.4 Å². The third-order valence-electron chi connectivity index (χ3n) is 7.47. The van der Waals surface area contributed by atoms with E-state index in [-0.39, 0.29) is 27.5 Å². The Bertz CT molecular complexity index is 1580. The second-order valence-electron chi connectivity index (χ2n) is 10.1. The Labute approximate surface area is 258 Å². The van der Waals surface area contributed by atoms with Crippen LogP contribution in [0, 0.1) is 20.2 Å². The minimum atomic E-state index is -0.512. The van der Waals surface area contributed by atoms with Gasteiger partial charge in [-0.3, -0.25) is 20.2 Å². The number of halogens is 2. The van der Waals surface area contributed by atoms with Crippen LogP contribution in [0.4, 0.5) is 22.9 Å². The van der Waals surface area contributed by atoms with Crippen LogP contribution in [-0.2, 0) is 4.74 Å². The lowest BCUT2D eigenvalue weighted by Gasteiger charge is -2.28. The summed E-state index contributed by atoms with van der Waals surface area (Å²) in [7, 11) is 0. The quantitative estimate of drug-likeness (QED) is 0.159. The first-order chi connectivity index (χ1) is 20.8. The number of aromatic nitrogens is 1. The maximum atomic E-state index is 11.3. The normalized spacial score (nSPS) is 16.4. The van der Waals surface area contributed by atoms with Gasteiger partial charge in [0, 0.05) is 49.2 Å². The zero-order chi connectivity index (χ0) is 30.3. The summed E-state index contributed by atoms with van der Waals surface area (Å²) in [5.41, 5.74) is 4.13. The number of para-hydroxylation sites is 1. The van der Waals surface area contributed by atoms with Gasteiger partial charge in [0.05, 0.1) is 29.1 Å². The van der Waals surface area contributed by atoms with E-state index in [1.807, 2.05) is 12.3 Å². The summed E-state index contributed by atoms with van der Waals surface area (Å²) >= 11 is 11.5. The van der Waals surface area contributed by atoms with Crippen molar-refractivity contribution in [1.82, 2.24) is 4.98 Å². The van der Waals surface area contributed by atoms with E-state index in [9.17, 15) is 20.2 Å². The smallest absolute Gasteiger partial charge is 0.288 e. The van der Waals surface area contributed by atoms with Crippen LogP contribution in [0.15, 0.2) is 85.1 Å².